The van der Waals surface area contributed by atoms with E-state index in [1.807, 2.05) is 55.5 Å². The number of aliphatic imine (C=N–C) groups is 1. The molecule has 0 fully saturated rings. The third-order valence-electron chi connectivity index (χ3n) is 9.03. The number of guanidine groups is 1. The topological polar surface area (TPSA) is 155 Å². The van der Waals surface area contributed by atoms with Crippen molar-refractivity contribution in [2.75, 3.05) is 40.8 Å². The fourth-order valence-corrected chi connectivity index (χ4v) is 5.93. The average molecular weight is 698 g/mol. The quantitative estimate of drug-likeness (QED) is 0.0593. The van der Waals surface area contributed by atoms with Crippen LogP contribution < -0.4 is 22.1 Å². The van der Waals surface area contributed by atoms with Gasteiger partial charge in [-0.05, 0) is 89.4 Å². The molecule has 11 heteroatoms. The molecule has 0 aliphatic heterocycles. The second kappa shape index (κ2) is 20.5. The Hall–Kier alpha value is -5.16. The maximum atomic E-state index is 13.6. The molecule has 3 rings (SSSR count). The molecule has 0 aliphatic rings. The van der Waals surface area contributed by atoms with Gasteiger partial charge in [0.25, 0.3) is 5.91 Å². The van der Waals surface area contributed by atoms with Crippen molar-refractivity contribution < 1.29 is 19.1 Å². The third-order valence-corrected chi connectivity index (χ3v) is 9.03. The second-order valence-electron chi connectivity index (χ2n) is 12.9. The van der Waals surface area contributed by atoms with E-state index in [-0.39, 0.29) is 23.8 Å². The van der Waals surface area contributed by atoms with Crippen molar-refractivity contribution in [1.82, 2.24) is 20.4 Å². The molecule has 3 amide bonds. The van der Waals surface area contributed by atoms with Gasteiger partial charge in [-0.2, -0.15) is 0 Å². The normalized spacial score (nSPS) is 12.8. The van der Waals surface area contributed by atoms with E-state index >= 15 is 0 Å². The summed E-state index contributed by atoms with van der Waals surface area (Å²) in [5.74, 6) is -0.0792. The van der Waals surface area contributed by atoms with Crippen molar-refractivity contribution in [1.29, 1.82) is 0 Å². The van der Waals surface area contributed by atoms with Crippen LogP contribution in [-0.2, 0) is 14.9 Å². The summed E-state index contributed by atoms with van der Waals surface area (Å²) in [6.45, 7) is 5.23. The lowest BCUT2D eigenvalue weighted by molar-refractivity contribution is -0.123. The van der Waals surface area contributed by atoms with Crippen LogP contribution in [0.25, 0.3) is 0 Å². The smallest absolute Gasteiger partial charge is 0.414 e. The molecule has 0 aliphatic carbocycles. The number of amides is 3. The minimum Gasteiger partial charge on any atom is -0.414 e. The summed E-state index contributed by atoms with van der Waals surface area (Å²) < 4.78 is 6.27. The van der Waals surface area contributed by atoms with Crippen LogP contribution in [0.15, 0.2) is 108 Å². The van der Waals surface area contributed by atoms with Crippen molar-refractivity contribution in [3.05, 3.63) is 120 Å². The standard InChI is InChI=1S/C40H55N7O4/c1-6-35(40(29-30(2)46(3)4,32-21-12-8-13-22-32)33-23-14-9-15-24-33)51-39(50)47(5)28-17-16-26-43-37(49)34(25-18-27-44-38(41)42)45-36(48)31-19-10-7-11-20-31/h6-15,19-24,30,34H,16-18,25-29H2,1-5H3,(H,43,49)(H,45,48)(H4,41,42,44)/b35-6-. The fourth-order valence-electron chi connectivity index (χ4n) is 5.93. The Labute approximate surface area is 303 Å². The number of nitrogens with zero attached hydrogens (tertiary/aromatic N) is 3. The summed E-state index contributed by atoms with van der Waals surface area (Å²) in [5, 5.41) is 5.76. The summed E-state index contributed by atoms with van der Waals surface area (Å²) in [7, 11) is 5.83. The predicted octanol–water partition coefficient (Wildman–Crippen LogP) is 5.03. The highest BCUT2D eigenvalue weighted by Crippen LogP contribution is 2.44. The summed E-state index contributed by atoms with van der Waals surface area (Å²) in [6, 6.07) is 28.5. The van der Waals surface area contributed by atoms with E-state index in [2.05, 4.69) is 65.8 Å². The number of allylic oxidation sites excluding steroid dienone is 2. The van der Waals surface area contributed by atoms with E-state index in [0.29, 0.717) is 63.1 Å². The Bertz CT molecular complexity index is 1540. The molecule has 0 aromatic heterocycles. The highest BCUT2D eigenvalue weighted by Gasteiger charge is 2.42. The molecule has 0 bridgehead atoms. The van der Waals surface area contributed by atoms with E-state index in [0.717, 1.165) is 11.1 Å². The van der Waals surface area contributed by atoms with Crippen LogP contribution in [0, 0.1) is 0 Å². The SMILES string of the molecule is C/C=C(\OC(=O)N(C)CCCCNC(=O)C(CCCN=C(N)N)NC(=O)c1ccccc1)C(CC(C)N(C)C)(c1ccccc1)c1ccccc1. The largest absolute Gasteiger partial charge is 0.414 e. The van der Waals surface area contributed by atoms with Crippen LogP contribution in [0.5, 0.6) is 0 Å². The molecule has 6 N–H and O–H groups in total. The number of benzene rings is 3. The number of nitrogens with one attached hydrogen (secondary N) is 2. The molecule has 0 saturated heterocycles. The van der Waals surface area contributed by atoms with Crippen LogP contribution in [0.2, 0.25) is 0 Å². The van der Waals surface area contributed by atoms with Crippen molar-refractivity contribution in [2.24, 2.45) is 16.5 Å². The molecule has 0 heterocycles. The van der Waals surface area contributed by atoms with Gasteiger partial charge in [0.15, 0.2) is 5.96 Å². The Morgan fingerprint density at radius 1 is 0.863 bits per heavy atom. The fraction of sp³-hybridized carbons (Fsp3) is 0.400. The van der Waals surface area contributed by atoms with Gasteiger partial charge in [-0.1, -0.05) is 78.9 Å². The summed E-state index contributed by atoms with van der Waals surface area (Å²) >= 11 is 0. The summed E-state index contributed by atoms with van der Waals surface area (Å²) in [4.78, 5) is 47.3. The predicted molar refractivity (Wildman–Crippen MR) is 204 cm³/mol. The van der Waals surface area contributed by atoms with Gasteiger partial charge in [0.2, 0.25) is 5.91 Å². The average Bonchev–Trinajstić information content (AvgIpc) is 3.14. The first-order valence-corrected chi connectivity index (χ1v) is 17.6. The summed E-state index contributed by atoms with van der Waals surface area (Å²) in [5.41, 5.74) is 12.7. The van der Waals surface area contributed by atoms with E-state index in [4.69, 9.17) is 16.2 Å². The Kier molecular flexibility index (Phi) is 16.2. The van der Waals surface area contributed by atoms with Crippen molar-refractivity contribution in [2.45, 2.75) is 63.5 Å². The van der Waals surface area contributed by atoms with E-state index in [9.17, 15) is 14.4 Å². The number of ether oxygens (including phenoxy) is 1. The highest BCUT2D eigenvalue weighted by molar-refractivity contribution is 5.97. The van der Waals surface area contributed by atoms with Crippen LogP contribution in [0.1, 0.15) is 67.4 Å². The van der Waals surface area contributed by atoms with Gasteiger partial charge >= 0.3 is 6.09 Å². The first-order chi connectivity index (χ1) is 24.5. The lowest BCUT2D eigenvalue weighted by Gasteiger charge is -2.40. The van der Waals surface area contributed by atoms with Gasteiger partial charge in [0.05, 0.1) is 5.41 Å². The number of carbonyl (C=O) groups excluding carboxylic acids is 3. The Morgan fingerprint density at radius 3 is 1.96 bits per heavy atom. The number of rotatable bonds is 19. The third kappa shape index (κ3) is 12.0. The van der Waals surface area contributed by atoms with Crippen molar-refractivity contribution in [3.8, 4) is 0 Å². The molecule has 51 heavy (non-hydrogen) atoms. The molecule has 0 saturated carbocycles. The zero-order valence-electron chi connectivity index (χ0n) is 30.7. The lowest BCUT2D eigenvalue weighted by atomic mass is 9.68. The monoisotopic (exact) mass is 697 g/mol. The van der Waals surface area contributed by atoms with Gasteiger partial charge in [0.1, 0.15) is 11.8 Å². The minimum absolute atomic E-state index is 0.0225. The molecule has 11 nitrogen and oxygen atoms in total. The molecule has 2 atom stereocenters. The van der Waals surface area contributed by atoms with E-state index in [1.54, 1.807) is 36.2 Å². The highest BCUT2D eigenvalue weighted by atomic mass is 16.6. The van der Waals surface area contributed by atoms with Gasteiger partial charge in [-0.15, -0.1) is 0 Å². The van der Waals surface area contributed by atoms with Gasteiger partial charge in [0, 0.05) is 38.3 Å². The zero-order valence-corrected chi connectivity index (χ0v) is 30.7. The lowest BCUT2D eigenvalue weighted by Crippen LogP contribution is -2.47. The molecule has 0 radical (unpaired) electrons. The molecule has 3 aromatic carbocycles. The molecular weight excluding hydrogens is 642 g/mol. The first-order valence-electron chi connectivity index (χ1n) is 17.6. The maximum absolute atomic E-state index is 13.6. The number of carbonyl (C=O) groups is 3. The van der Waals surface area contributed by atoms with Crippen molar-refractivity contribution in [3.63, 3.8) is 0 Å². The van der Waals surface area contributed by atoms with Gasteiger partial charge in [-0.25, -0.2) is 4.79 Å². The van der Waals surface area contributed by atoms with Crippen LogP contribution in [0.3, 0.4) is 0 Å². The van der Waals surface area contributed by atoms with Gasteiger partial charge in [-0.3, -0.25) is 14.6 Å². The van der Waals surface area contributed by atoms with E-state index in [1.165, 1.54) is 0 Å². The molecule has 2 unspecified atom stereocenters. The molecular formula is C40H55N7O4. The molecule has 3 aromatic rings. The summed E-state index contributed by atoms with van der Waals surface area (Å²) in [6.07, 6.45) is 4.25. The molecule has 274 valence electrons. The van der Waals surface area contributed by atoms with Crippen molar-refractivity contribution >= 4 is 23.9 Å². The zero-order chi connectivity index (χ0) is 37.2. The van der Waals surface area contributed by atoms with Gasteiger partial charge < -0.3 is 36.6 Å². The second-order valence-corrected chi connectivity index (χ2v) is 12.9. The minimum atomic E-state index is -0.756. The number of hydrogen-bond acceptors (Lipinski definition) is 6. The Morgan fingerprint density at radius 2 is 1.43 bits per heavy atom. The van der Waals surface area contributed by atoms with Crippen LogP contribution in [-0.4, -0.2) is 86.5 Å². The number of hydrogen-bond donors (Lipinski definition) is 4. The Balaban J connectivity index is 1.64. The van der Waals surface area contributed by atoms with Crippen LogP contribution in [0.4, 0.5) is 4.79 Å². The molecule has 0 spiro atoms. The first kappa shape index (κ1) is 40.3. The van der Waals surface area contributed by atoms with E-state index < -0.39 is 17.6 Å². The number of nitrogens with two attached hydrogens (primary N) is 2. The van der Waals surface area contributed by atoms with Crippen LogP contribution >= 0.6 is 0 Å². The number of unbranched alkanes of at least 4 members (excludes halogenated alkanes) is 1. The maximum Gasteiger partial charge on any atom is 0.414 e.